The molecule has 0 saturated heterocycles. The number of thioether (sulfide) groups is 1. The number of halogens is 2. The first-order valence-corrected chi connectivity index (χ1v) is 11.4. The first-order valence-electron chi connectivity index (χ1n) is 9.46. The van der Waals surface area contributed by atoms with Gasteiger partial charge in [0, 0.05) is 28.9 Å². The zero-order valence-electron chi connectivity index (χ0n) is 16.9. The van der Waals surface area contributed by atoms with Crippen molar-refractivity contribution >= 4 is 46.8 Å². The van der Waals surface area contributed by atoms with Crippen LogP contribution in [0.5, 0.6) is 0 Å². The Bertz CT molecular complexity index is 840. The van der Waals surface area contributed by atoms with Gasteiger partial charge in [0.1, 0.15) is 6.04 Å². The molecule has 0 fully saturated rings. The van der Waals surface area contributed by atoms with Gasteiger partial charge in [-0.15, -0.1) is 11.8 Å². The minimum atomic E-state index is -0.563. The van der Waals surface area contributed by atoms with Crippen LogP contribution >= 0.6 is 35.0 Å². The summed E-state index contributed by atoms with van der Waals surface area (Å²) in [4.78, 5) is 27.0. The van der Waals surface area contributed by atoms with Crippen LogP contribution in [0.3, 0.4) is 0 Å². The molecule has 0 aliphatic carbocycles. The summed E-state index contributed by atoms with van der Waals surface area (Å²) in [7, 11) is 0. The zero-order valence-corrected chi connectivity index (χ0v) is 19.2. The van der Waals surface area contributed by atoms with Gasteiger partial charge in [-0.2, -0.15) is 0 Å². The SMILES string of the molecule is CCNC(=O)C(C)N(Cc1cccc(C)c1)C(=O)CSCc1c(Cl)cccc1Cl. The van der Waals surface area contributed by atoms with E-state index in [-0.39, 0.29) is 17.6 Å². The standard InChI is InChI=1S/C22H26Cl2N2O2S/c1-4-25-22(28)16(3)26(12-17-8-5-7-15(2)11-17)21(27)14-29-13-18-19(23)9-6-10-20(18)24/h5-11,16H,4,12-14H2,1-3H3,(H,25,28). The van der Waals surface area contributed by atoms with E-state index in [1.54, 1.807) is 30.0 Å². The number of rotatable bonds is 9. The molecule has 0 radical (unpaired) electrons. The fraction of sp³-hybridized carbons (Fsp3) is 0.364. The predicted molar refractivity (Wildman–Crippen MR) is 122 cm³/mol. The highest BCUT2D eigenvalue weighted by atomic mass is 35.5. The second kappa shape index (κ2) is 11.5. The maximum Gasteiger partial charge on any atom is 0.242 e. The molecular formula is C22H26Cl2N2O2S. The maximum absolute atomic E-state index is 13.0. The summed E-state index contributed by atoms with van der Waals surface area (Å²) in [5, 5.41) is 3.98. The van der Waals surface area contributed by atoms with Crippen LogP contribution in [0.1, 0.15) is 30.5 Å². The van der Waals surface area contributed by atoms with Crippen molar-refractivity contribution in [3.05, 3.63) is 69.2 Å². The average molecular weight is 453 g/mol. The van der Waals surface area contributed by atoms with Crippen LogP contribution in [0.25, 0.3) is 0 Å². The first kappa shape index (κ1) is 23.6. The van der Waals surface area contributed by atoms with Gasteiger partial charge in [-0.05, 0) is 44.0 Å². The molecule has 1 atom stereocenters. The summed E-state index contributed by atoms with van der Waals surface area (Å²) in [5.41, 5.74) is 2.92. The van der Waals surface area contributed by atoms with Crippen molar-refractivity contribution in [2.24, 2.45) is 0 Å². The molecular weight excluding hydrogens is 427 g/mol. The third-order valence-corrected chi connectivity index (χ3v) is 6.14. The predicted octanol–water partition coefficient (Wildman–Crippen LogP) is 5.09. The summed E-state index contributed by atoms with van der Waals surface area (Å²) in [6, 6.07) is 12.8. The molecule has 0 aliphatic rings. The molecule has 156 valence electrons. The van der Waals surface area contributed by atoms with Crippen LogP contribution in [0, 0.1) is 6.92 Å². The van der Waals surface area contributed by atoms with Gasteiger partial charge < -0.3 is 10.2 Å². The minimum Gasteiger partial charge on any atom is -0.355 e. The Hall–Kier alpha value is -1.69. The number of hydrogen-bond acceptors (Lipinski definition) is 3. The molecule has 2 amide bonds. The van der Waals surface area contributed by atoms with Crippen LogP contribution in [0.4, 0.5) is 0 Å². The third kappa shape index (κ3) is 6.95. The largest absolute Gasteiger partial charge is 0.355 e. The van der Waals surface area contributed by atoms with Gasteiger partial charge in [0.05, 0.1) is 5.75 Å². The second-order valence-electron chi connectivity index (χ2n) is 6.77. The van der Waals surface area contributed by atoms with E-state index in [4.69, 9.17) is 23.2 Å². The summed E-state index contributed by atoms with van der Waals surface area (Å²) >= 11 is 13.9. The van der Waals surface area contributed by atoms with E-state index in [1.807, 2.05) is 38.1 Å². The number of likely N-dealkylation sites (N-methyl/N-ethyl adjacent to an activating group) is 1. The first-order chi connectivity index (χ1) is 13.8. The Morgan fingerprint density at radius 3 is 2.41 bits per heavy atom. The van der Waals surface area contributed by atoms with Crippen molar-refractivity contribution < 1.29 is 9.59 Å². The minimum absolute atomic E-state index is 0.0987. The van der Waals surface area contributed by atoms with E-state index in [1.165, 1.54) is 11.8 Å². The van der Waals surface area contributed by atoms with Crippen molar-refractivity contribution in [2.75, 3.05) is 12.3 Å². The Balaban J connectivity index is 2.10. The summed E-state index contributed by atoms with van der Waals surface area (Å²) in [5.74, 6) is 0.501. The Morgan fingerprint density at radius 2 is 1.79 bits per heavy atom. The quantitative estimate of drug-likeness (QED) is 0.576. The number of carbonyl (C=O) groups is 2. The number of benzene rings is 2. The van der Waals surface area contributed by atoms with Gasteiger partial charge in [-0.1, -0.05) is 59.1 Å². The molecule has 0 aromatic heterocycles. The monoisotopic (exact) mass is 452 g/mol. The number of nitrogens with zero attached hydrogens (tertiary/aromatic N) is 1. The van der Waals surface area contributed by atoms with Crippen molar-refractivity contribution in [1.82, 2.24) is 10.2 Å². The molecule has 0 spiro atoms. The number of hydrogen-bond donors (Lipinski definition) is 1. The van der Waals surface area contributed by atoms with E-state index in [0.29, 0.717) is 28.9 Å². The molecule has 1 unspecified atom stereocenters. The van der Waals surface area contributed by atoms with Crippen molar-refractivity contribution in [1.29, 1.82) is 0 Å². The van der Waals surface area contributed by atoms with Gasteiger partial charge in [-0.25, -0.2) is 0 Å². The number of nitrogens with one attached hydrogen (secondary N) is 1. The van der Waals surface area contributed by atoms with Gasteiger partial charge in [0.2, 0.25) is 11.8 Å². The van der Waals surface area contributed by atoms with E-state index in [0.717, 1.165) is 16.7 Å². The molecule has 7 heteroatoms. The number of aryl methyl sites for hydroxylation is 1. The molecule has 1 N–H and O–H groups in total. The molecule has 4 nitrogen and oxygen atoms in total. The fourth-order valence-electron chi connectivity index (χ4n) is 2.91. The van der Waals surface area contributed by atoms with E-state index in [2.05, 4.69) is 5.32 Å². The lowest BCUT2D eigenvalue weighted by atomic mass is 10.1. The van der Waals surface area contributed by atoms with E-state index in [9.17, 15) is 9.59 Å². The Morgan fingerprint density at radius 1 is 1.14 bits per heavy atom. The highest BCUT2D eigenvalue weighted by Gasteiger charge is 2.25. The summed E-state index contributed by atoms with van der Waals surface area (Å²) < 4.78 is 0. The fourth-order valence-corrected chi connectivity index (χ4v) is 4.55. The smallest absolute Gasteiger partial charge is 0.242 e. The molecule has 2 aromatic rings. The molecule has 29 heavy (non-hydrogen) atoms. The highest BCUT2D eigenvalue weighted by molar-refractivity contribution is 7.99. The van der Waals surface area contributed by atoms with Gasteiger partial charge >= 0.3 is 0 Å². The van der Waals surface area contributed by atoms with Crippen LogP contribution in [0.15, 0.2) is 42.5 Å². The second-order valence-corrected chi connectivity index (χ2v) is 8.57. The van der Waals surface area contributed by atoms with Gasteiger partial charge in [0.15, 0.2) is 0 Å². The van der Waals surface area contributed by atoms with Crippen molar-refractivity contribution in [2.45, 2.75) is 39.1 Å². The van der Waals surface area contributed by atoms with Crippen LogP contribution in [0.2, 0.25) is 10.0 Å². The number of amides is 2. The molecule has 0 aliphatic heterocycles. The lowest BCUT2D eigenvalue weighted by Crippen LogP contribution is -2.48. The average Bonchev–Trinajstić information content (AvgIpc) is 2.68. The molecule has 2 aromatic carbocycles. The third-order valence-electron chi connectivity index (χ3n) is 4.49. The topological polar surface area (TPSA) is 49.4 Å². The van der Waals surface area contributed by atoms with Crippen LogP contribution in [-0.2, 0) is 21.9 Å². The highest BCUT2D eigenvalue weighted by Crippen LogP contribution is 2.28. The van der Waals surface area contributed by atoms with Gasteiger partial charge in [0.25, 0.3) is 0 Å². The molecule has 0 bridgehead atoms. The lowest BCUT2D eigenvalue weighted by Gasteiger charge is -2.28. The van der Waals surface area contributed by atoms with Crippen LogP contribution in [-0.4, -0.2) is 35.1 Å². The number of carbonyl (C=O) groups excluding carboxylic acids is 2. The van der Waals surface area contributed by atoms with Crippen molar-refractivity contribution in [3.8, 4) is 0 Å². The molecule has 2 rings (SSSR count). The van der Waals surface area contributed by atoms with Gasteiger partial charge in [-0.3, -0.25) is 9.59 Å². The van der Waals surface area contributed by atoms with Crippen LogP contribution < -0.4 is 5.32 Å². The summed E-state index contributed by atoms with van der Waals surface area (Å²) in [6.45, 7) is 6.53. The Labute approximate surface area is 187 Å². The molecule has 0 saturated carbocycles. The molecule has 0 heterocycles. The van der Waals surface area contributed by atoms with E-state index < -0.39 is 6.04 Å². The maximum atomic E-state index is 13.0. The summed E-state index contributed by atoms with van der Waals surface area (Å²) in [6.07, 6.45) is 0. The van der Waals surface area contributed by atoms with Crippen molar-refractivity contribution in [3.63, 3.8) is 0 Å². The Kier molecular flexibility index (Phi) is 9.34. The van der Waals surface area contributed by atoms with E-state index >= 15 is 0 Å². The normalized spacial score (nSPS) is 11.8. The lowest BCUT2D eigenvalue weighted by molar-refractivity contribution is -0.138. The zero-order chi connectivity index (χ0) is 21.4.